The standard InChI is InChI=1S/C20H23F3N2O3/c1-4-28-17-10-9-14(11-18(17)27-3)12-25(2)13-19(26)24-16-8-6-5-7-15(16)20(21,22)23/h5-11H,4,12-13H2,1-3H3,(H,24,26). The van der Waals surface area contributed by atoms with Crippen molar-refractivity contribution >= 4 is 11.6 Å². The highest BCUT2D eigenvalue weighted by molar-refractivity contribution is 5.93. The van der Waals surface area contributed by atoms with Gasteiger partial charge in [0.25, 0.3) is 0 Å². The van der Waals surface area contributed by atoms with Crippen LogP contribution in [0.5, 0.6) is 11.5 Å². The number of para-hydroxylation sites is 1. The Labute approximate surface area is 162 Å². The van der Waals surface area contributed by atoms with Gasteiger partial charge in [-0.3, -0.25) is 9.69 Å². The minimum Gasteiger partial charge on any atom is -0.493 e. The highest BCUT2D eigenvalue weighted by Gasteiger charge is 2.33. The molecule has 0 atom stereocenters. The molecule has 5 nitrogen and oxygen atoms in total. The van der Waals surface area contributed by atoms with Gasteiger partial charge in [-0.15, -0.1) is 0 Å². The number of carbonyl (C=O) groups excluding carboxylic acids is 1. The van der Waals surface area contributed by atoms with Gasteiger partial charge >= 0.3 is 6.18 Å². The number of likely N-dealkylation sites (N-methyl/N-ethyl adjacent to an activating group) is 1. The van der Waals surface area contributed by atoms with Crippen LogP contribution in [0.15, 0.2) is 42.5 Å². The van der Waals surface area contributed by atoms with E-state index in [-0.39, 0.29) is 12.2 Å². The lowest BCUT2D eigenvalue weighted by Crippen LogP contribution is -2.30. The molecule has 2 aromatic rings. The van der Waals surface area contributed by atoms with E-state index in [9.17, 15) is 18.0 Å². The van der Waals surface area contributed by atoms with E-state index in [1.807, 2.05) is 13.0 Å². The normalized spacial score (nSPS) is 11.4. The molecule has 0 bridgehead atoms. The number of nitrogens with zero attached hydrogens (tertiary/aromatic N) is 1. The van der Waals surface area contributed by atoms with Crippen LogP contribution in [0.25, 0.3) is 0 Å². The summed E-state index contributed by atoms with van der Waals surface area (Å²) in [6.07, 6.45) is -4.53. The number of methoxy groups -OCH3 is 1. The third kappa shape index (κ3) is 5.88. The summed E-state index contributed by atoms with van der Waals surface area (Å²) in [6.45, 7) is 2.73. The summed E-state index contributed by atoms with van der Waals surface area (Å²) >= 11 is 0. The number of rotatable bonds is 8. The number of halogens is 3. The second-order valence-electron chi connectivity index (χ2n) is 6.18. The molecular formula is C20H23F3N2O3. The first-order valence-electron chi connectivity index (χ1n) is 8.69. The fourth-order valence-corrected chi connectivity index (χ4v) is 2.73. The van der Waals surface area contributed by atoms with Crippen molar-refractivity contribution in [2.75, 3.05) is 32.6 Å². The second kappa shape index (κ2) is 9.45. The molecule has 0 saturated carbocycles. The maximum atomic E-state index is 13.0. The summed E-state index contributed by atoms with van der Waals surface area (Å²) in [6, 6.07) is 10.3. The second-order valence-corrected chi connectivity index (χ2v) is 6.18. The Kier molecular flexibility index (Phi) is 7.28. The molecule has 28 heavy (non-hydrogen) atoms. The molecule has 0 heterocycles. The Morgan fingerprint density at radius 2 is 1.86 bits per heavy atom. The van der Waals surface area contributed by atoms with Crippen LogP contribution in [0.3, 0.4) is 0 Å². The zero-order chi connectivity index (χ0) is 20.7. The molecule has 0 aliphatic rings. The summed E-state index contributed by atoms with van der Waals surface area (Å²) in [5.41, 5.74) is -0.246. The first-order valence-corrected chi connectivity index (χ1v) is 8.69. The Bertz CT molecular complexity index is 810. The molecule has 0 spiro atoms. The van der Waals surface area contributed by atoms with E-state index in [1.165, 1.54) is 25.3 Å². The SMILES string of the molecule is CCOc1ccc(CN(C)CC(=O)Nc2ccccc2C(F)(F)F)cc1OC. The highest BCUT2D eigenvalue weighted by Crippen LogP contribution is 2.34. The molecule has 8 heteroatoms. The van der Waals surface area contributed by atoms with Gasteiger partial charge < -0.3 is 14.8 Å². The Hall–Kier alpha value is -2.74. The third-order valence-electron chi connectivity index (χ3n) is 3.90. The van der Waals surface area contributed by atoms with Gasteiger partial charge in [-0.05, 0) is 43.8 Å². The third-order valence-corrected chi connectivity index (χ3v) is 3.90. The topological polar surface area (TPSA) is 50.8 Å². The molecule has 0 aliphatic carbocycles. The Balaban J connectivity index is 2.00. The van der Waals surface area contributed by atoms with Crippen LogP contribution in [0.2, 0.25) is 0 Å². The fourth-order valence-electron chi connectivity index (χ4n) is 2.73. The molecule has 0 radical (unpaired) electrons. The quantitative estimate of drug-likeness (QED) is 0.727. The molecule has 2 rings (SSSR count). The summed E-state index contributed by atoms with van der Waals surface area (Å²) in [5.74, 6) is 0.673. The van der Waals surface area contributed by atoms with Gasteiger partial charge in [-0.2, -0.15) is 13.2 Å². The van der Waals surface area contributed by atoms with Crippen molar-refractivity contribution in [2.45, 2.75) is 19.6 Å². The van der Waals surface area contributed by atoms with Crippen molar-refractivity contribution in [3.63, 3.8) is 0 Å². The van der Waals surface area contributed by atoms with Crippen LogP contribution in [-0.2, 0) is 17.5 Å². The van der Waals surface area contributed by atoms with E-state index in [4.69, 9.17) is 9.47 Å². The van der Waals surface area contributed by atoms with Crippen LogP contribution in [0.4, 0.5) is 18.9 Å². The lowest BCUT2D eigenvalue weighted by atomic mass is 10.1. The zero-order valence-corrected chi connectivity index (χ0v) is 16.0. The number of amides is 1. The van der Waals surface area contributed by atoms with Gasteiger partial charge in [0.05, 0.1) is 31.5 Å². The van der Waals surface area contributed by atoms with Crippen molar-refractivity contribution in [1.29, 1.82) is 0 Å². The Morgan fingerprint density at radius 3 is 2.50 bits per heavy atom. The number of hydrogen-bond donors (Lipinski definition) is 1. The Morgan fingerprint density at radius 1 is 1.14 bits per heavy atom. The minimum atomic E-state index is -4.53. The minimum absolute atomic E-state index is 0.0677. The molecule has 152 valence electrons. The van der Waals surface area contributed by atoms with Gasteiger partial charge in [0.1, 0.15) is 0 Å². The van der Waals surface area contributed by atoms with Crippen LogP contribution in [-0.4, -0.2) is 38.1 Å². The summed E-state index contributed by atoms with van der Waals surface area (Å²) in [7, 11) is 3.25. The maximum absolute atomic E-state index is 13.0. The van der Waals surface area contributed by atoms with Gasteiger partial charge in [0, 0.05) is 6.54 Å². The van der Waals surface area contributed by atoms with Gasteiger partial charge in [-0.1, -0.05) is 18.2 Å². The van der Waals surface area contributed by atoms with E-state index in [0.29, 0.717) is 24.7 Å². The predicted octanol–water partition coefficient (Wildman–Crippen LogP) is 4.18. The van der Waals surface area contributed by atoms with Crippen molar-refractivity contribution < 1.29 is 27.4 Å². The predicted molar refractivity (Wildman–Crippen MR) is 101 cm³/mol. The monoisotopic (exact) mass is 396 g/mol. The smallest absolute Gasteiger partial charge is 0.418 e. The van der Waals surface area contributed by atoms with Gasteiger partial charge in [0.15, 0.2) is 11.5 Å². The van der Waals surface area contributed by atoms with Crippen molar-refractivity contribution in [2.24, 2.45) is 0 Å². The van der Waals surface area contributed by atoms with Crippen LogP contribution in [0, 0.1) is 0 Å². The highest BCUT2D eigenvalue weighted by atomic mass is 19.4. The number of ether oxygens (including phenoxy) is 2. The van der Waals surface area contributed by atoms with Gasteiger partial charge in [-0.25, -0.2) is 0 Å². The first kappa shape index (κ1) is 21.6. The number of hydrogen-bond acceptors (Lipinski definition) is 4. The maximum Gasteiger partial charge on any atom is 0.418 e. The molecule has 0 saturated heterocycles. The summed E-state index contributed by atoms with van der Waals surface area (Å²) < 4.78 is 49.8. The van der Waals surface area contributed by atoms with Crippen molar-refractivity contribution in [3.05, 3.63) is 53.6 Å². The fraction of sp³-hybridized carbons (Fsp3) is 0.350. The van der Waals surface area contributed by atoms with E-state index in [1.54, 1.807) is 24.1 Å². The zero-order valence-electron chi connectivity index (χ0n) is 16.0. The lowest BCUT2D eigenvalue weighted by molar-refractivity contribution is -0.137. The van der Waals surface area contributed by atoms with Crippen molar-refractivity contribution in [1.82, 2.24) is 4.90 Å². The molecular weight excluding hydrogens is 373 g/mol. The summed E-state index contributed by atoms with van der Waals surface area (Å²) in [5, 5.41) is 2.34. The molecule has 0 unspecified atom stereocenters. The molecule has 0 fully saturated rings. The van der Waals surface area contributed by atoms with Crippen LogP contribution < -0.4 is 14.8 Å². The van der Waals surface area contributed by atoms with Crippen LogP contribution >= 0.6 is 0 Å². The number of carbonyl (C=O) groups is 1. The van der Waals surface area contributed by atoms with Gasteiger partial charge in [0.2, 0.25) is 5.91 Å². The number of anilines is 1. The summed E-state index contributed by atoms with van der Waals surface area (Å²) in [4.78, 5) is 13.9. The molecule has 2 aromatic carbocycles. The lowest BCUT2D eigenvalue weighted by Gasteiger charge is -2.19. The molecule has 0 aromatic heterocycles. The molecule has 1 amide bonds. The average Bonchev–Trinajstić information content (AvgIpc) is 2.62. The van der Waals surface area contributed by atoms with Crippen LogP contribution in [0.1, 0.15) is 18.1 Å². The van der Waals surface area contributed by atoms with E-state index in [0.717, 1.165) is 11.6 Å². The number of benzene rings is 2. The molecule has 0 aliphatic heterocycles. The first-order chi connectivity index (χ1) is 13.2. The average molecular weight is 396 g/mol. The number of nitrogens with one attached hydrogen (secondary N) is 1. The number of alkyl halides is 3. The van der Waals surface area contributed by atoms with E-state index >= 15 is 0 Å². The van der Waals surface area contributed by atoms with Crippen molar-refractivity contribution in [3.8, 4) is 11.5 Å². The molecule has 1 N–H and O–H groups in total. The largest absolute Gasteiger partial charge is 0.493 e. The van der Waals surface area contributed by atoms with E-state index in [2.05, 4.69) is 5.32 Å². The van der Waals surface area contributed by atoms with E-state index < -0.39 is 17.6 Å².